The number of hydrogen-bond acceptors (Lipinski definition) is 10. The number of carbonyl (C=O) groups is 1. The molecule has 0 spiro atoms. The zero-order valence-corrected chi connectivity index (χ0v) is 20.8. The van der Waals surface area contributed by atoms with Crippen LogP contribution < -0.4 is 20.1 Å². The van der Waals surface area contributed by atoms with Crippen molar-refractivity contribution >= 4 is 17.5 Å². The summed E-state index contributed by atoms with van der Waals surface area (Å²) >= 11 is 0. The Hall–Kier alpha value is -5.05. The van der Waals surface area contributed by atoms with Gasteiger partial charge in [-0.05, 0) is 66.1 Å². The number of aromatic nitrogens is 6. The van der Waals surface area contributed by atoms with E-state index in [0.29, 0.717) is 40.8 Å². The van der Waals surface area contributed by atoms with Crippen molar-refractivity contribution in [2.75, 3.05) is 12.4 Å². The van der Waals surface area contributed by atoms with Gasteiger partial charge in [-0.25, -0.2) is 14.6 Å². The van der Waals surface area contributed by atoms with E-state index in [1.807, 2.05) is 13.0 Å². The van der Waals surface area contributed by atoms with Crippen LogP contribution in [0, 0.1) is 11.3 Å². The van der Waals surface area contributed by atoms with Crippen LogP contribution >= 0.6 is 0 Å². The van der Waals surface area contributed by atoms with E-state index in [0.717, 1.165) is 24.0 Å². The predicted octanol–water partition coefficient (Wildman–Crippen LogP) is 3.11. The van der Waals surface area contributed by atoms with Crippen molar-refractivity contribution in [1.82, 2.24) is 35.5 Å². The summed E-state index contributed by atoms with van der Waals surface area (Å²) in [7, 11) is 1.54. The molecule has 1 fully saturated rings. The average Bonchev–Trinajstić information content (AvgIpc) is 3.60. The fourth-order valence-electron chi connectivity index (χ4n) is 3.77. The van der Waals surface area contributed by atoms with Gasteiger partial charge in [-0.1, -0.05) is 6.07 Å². The molecule has 2 aromatic carbocycles. The normalized spacial score (nSPS) is 13.3. The Kier molecular flexibility index (Phi) is 7.08. The Morgan fingerprint density at radius 2 is 1.97 bits per heavy atom. The maximum atomic E-state index is 12.4. The molecule has 2 aromatic heterocycles. The van der Waals surface area contributed by atoms with Crippen molar-refractivity contribution in [3.05, 3.63) is 66.2 Å². The van der Waals surface area contributed by atoms with Gasteiger partial charge in [0, 0.05) is 29.6 Å². The van der Waals surface area contributed by atoms with Crippen LogP contribution in [0.15, 0.2) is 55.1 Å². The third kappa shape index (κ3) is 5.84. The number of nitriles is 1. The van der Waals surface area contributed by atoms with Gasteiger partial charge in [0.15, 0.2) is 0 Å². The maximum absolute atomic E-state index is 12.4. The molecule has 1 aliphatic carbocycles. The van der Waals surface area contributed by atoms with E-state index in [9.17, 15) is 10.1 Å². The van der Waals surface area contributed by atoms with Gasteiger partial charge in [-0.2, -0.15) is 5.26 Å². The number of carbonyl (C=O) groups excluding carboxylic acids is 1. The first kappa shape index (κ1) is 24.6. The summed E-state index contributed by atoms with van der Waals surface area (Å²) in [5.74, 6) is 1.20. The lowest BCUT2D eigenvalue weighted by Gasteiger charge is -2.16. The van der Waals surface area contributed by atoms with Crippen LogP contribution in [0.4, 0.5) is 11.6 Å². The standard InChI is InChI=1S/C26H25N9O3/c1-16(14-35-15-30-33-34-35)38-23-9-17(3-4-19(23)11-27)20-12-28-26(29-13-20)32-22-8-5-18(10-24(22)37-2)25(36)31-21-6-7-21/h3-5,8-10,12-13,15-16,21H,6-7,14H2,1-2H3,(H,31,36)(H,28,29,32). The van der Waals surface area contributed by atoms with Crippen LogP contribution in [0.2, 0.25) is 0 Å². The zero-order valence-electron chi connectivity index (χ0n) is 20.8. The first-order valence-electron chi connectivity index (χ1n) is 12.0. The number of anilines is 2. The Labute approximate surface area is 218 Å². The number of ether oxygens (including phenoxy) is 2. The summed E-state index contributed by atoms with van der Waals surface area (Å²) in [6, 6.07) is 12.9. The van der Waals surface area contributed by atoms with Crippen LogP contribution in [0.3, 0.4) is 0 Å². The number of methoxy groups -OCH3 is 1. The topological polar surface area (TPSA) is 153 Å². The first-order chi connectivity index (χ1) is 18.5. The monoisotopic (exact) mass is 511 g/mol. The summed E-state index contributed by atoms with van der Waals surface area (Å²) < 4.78 is 13.0. The van der Waals surface area contributed by atoms with E-state index in [1.165, 1.54) is 6.33 Å². The van der Waals surface area contributed by atoms with Gasteiger partial charge in [0.2, 0.25) is 5.95 Å². The van der Waals surface area contributed by atoms with Crippen LogP contribution in [-0.4, -0.2) is 55.3 Å². The number of nitrogens with zero attached hydrogens (tertiary/aromatic N) is 7. The van der Waals surface area contributed by atoms with Crippen molar-refractivity contribution in [3.63, 3.8) is 0 Å². The Morgan fingerprint density at radius 1 is 1.16 bits per heavy atom. The number of amides is 1. The third-order valence-corrected chi connectivity index (χ3v) is 5.87. The molecule has 0 saturated heterocycles. The molecule has 0 radical (unpaired) electrons. The largest absolute Gasteiger partial charge is 0.495 e. The molecule has 0 bridgehead atoms. The van der Waals surface area contributed by atoms with Crippen molar-refractivity contribution < 1.29 is 14.3 Å². The van der Waals surface area contributed by atoms with Crippen LogP contribution in [-0.2, 0) is 6.54 Å². The minimum absolute atomic E-state index is 0.117. The van der Waals surface area contributed by atoms with Gasteiger partial charge in [-0.15, -0.1) is 5.10 Å². The smallest absolute Gasteiger partial charge is 0.251 e. The molecule has 1 amide bonds. The number of tetrazole rings is 1. The lowest BCUT2D eigenvalue weighted by Crippen LogP contribution is -2.25. The fourth-order valence-corrected chi connectivity index (χ4v) is 3.77. The van der Waals surface area contributed by atoms with Gasteiger partial charge in [0.1, 0.15) is 30.0 Å². The van der Waals surface area contributed by atoms with Crippen LogP contribution in [0.1, 0.15) is 35.7 Å². The summed E-state index contributed by atoms with van der Waals surface area (Å²) in [5.41, 5.74) is 3.12. The summed E-state index contributed by atoms with van der Waals surface area (Å²) in [6.07, 6.45) is 6.63. The molecule has 1 aliphatic rings. The molecule has 12 heteroatoms. The van der Waals surface area contributed by atoms with E-state index in [2.05, 4.69) is 42.2 Å². The van der Waals surface area contributed by atoms with E-state index < -0.39 is 0 Å². The Balaban J connectivity index is 1.29. The molecule has 1 atom stereocenters. The van der Waals surface area contributed by atoms with Crippen molar-refractivity contribution in [2.45, 2.75) is 38.5 Å². The van der Waals surface area contributed by atoms with Crippen LogP contribution in [0.25, 0.3) is 11.1 Å². The number of hydrogen-bond donors (Lipinski definition) is 2. The fraction of sp³-hybridized carbons (Fsp3) is 0.269. The van der Waals surface area contributed by atoms with E-state index >= 15 is 0 Å². The molecule has 0 aliphatic heterocycles. The van der Waals surface area contributed by atoms with E-state index in [4.69, 9.17) is 9.47 Å². The SMILES string of the molecule is COc1cc(C(=O)NC2CC2)ccc1Nc1ncc(-c2ccc(C#N)c(OC(C)Cn3cnnn3)c2)cn1. The molecule has 2 N–H and O–H groups in total. The minimum atomic E-state index is -0.273. The minimum Gasteiger partial charge on any atom is -0.495 e. The molecular weight excluding hydrogens is 486 g/mol. The number of benzene rings is 2. The molecule has 4 aromatic rings. The average molecular weight is 512 g/mol. The number of rotatable bonds is 10. The second-order valence-corrected chi connectivity index (χ2v) is 8.87. The lowest BCUT2D eigenvalue weighted by molar-refractivity contribution is 0.0950. The highest BCUT2D eigenvalue weighted by molar-refractivity contribution is 5.95. The van der Waals surface area contributed by atoms with Crippen LogP contribution in [0.5, 0.6) is 11.5 Å². The molecule has 5 rings (SSSR count). The second kappa shape index (κ2) is 10.9. The Morgan fingerprint density at radius 3 is 2.66 bits per heavy atom. The van der Waals surface area contributed by atoms with E-state index in [1.54, 1.807) is 54.5 Å². The van der Waals surface area contributed by atoms with E-state index in [-0.39, 0.29) is 18.1 Å². The van der Waals surface area contributed by atoms with Gasteiger partial charge >= 0.3 is 0 Å². The quantitative estimate of drug-likeness (QED) is 0.325. The summed E-state index contributed by atoms with van der Waals surface area (Å²) in [4.78, 5) is 21.2. The molecule has 1 saturated carbocycles. The number of nitrogens with one attached hydrogen (secondary N) is 2. The van der Waals surface area contributed by atoms with Crippen molar-refractivity contribution in [3.8, 4) is 28.7 Å². The molecule has 192 valence electrons. The molecule has 38 heavy (non-hydrogen) atoms. The van der Waals surface area contributed by atoms with Crippen molar-refractivity contribution in [1.29, 1.82) is 5.26 Å². The van der Waals surface area contributed by atoms with Crippen molar-refractivity contribution in [2.24, 2.45) is 0 Å². The van der Waals surface area contributed by atoms with Gasteiger partial charge in [-0.3, -0.25) is 4.79 Å². The van der Waals surface area contributed by atoms with Gasteiger partial charge in [0.05, 0.1) is 24.9 Å². The summed E-state index contributed by atoms with van der Waals surface area (Å²) in [6.45, 7) is 2.31. The molecule has 12 nitrogen and oxygen atoms in total. The molecule has 1 unspecified atom stereocenters. The Bertz CT molecular complexity index is 1460. The highest BCUT2D eigenvalue weighted by Gasteiger charge is 2.24. The highest BCUT2D eigenvalue weighted by Crippen LogP contribution is 2.30. The third-order valence-electron chi connectivity index (χ3n) is 5.87. The molecule has 2 heterocycles. The summed E-state index contributed by atoms with van der Waals surface area (Å²) in [5, 5.41) is 26.7. The lowest BCUT2D eigenvalue weighted by atomic mass is 10.1. The maximum Gasteiger partial charge on any atom is 0.251 e. The first-order valence-corrected chi connectivity index (χ1v) is 12.0. The van der Waals surface area contributed by atoms with Gasteiger partial charge < -0.3 is 20.1 Å². The second-order valence-electron chi connectivity index (χ2n) is 8.87. The predicted molar refractivity (Wildman–Crippen MR) is 137 cm³/mol. The highest BCUT2D eigenvalue weighted by atomic mass is 16.5. The zero-order chi connectivity index (χ0) is 26.5. The molecular formula is C26H25N9O3. The van der Waals surface area contributed by atoms with Gasteiger partial charge in [0.25, 0.3) is 5.91 Å².